The molecule has 5 nitrogen and oxygen atoms in total. The Morgan fingerprint density at radius 3 is 3.00 bits per heavy atom. The van der Waals surface area contributed by atoms with Gasteiger partial charge in [0.15, 0.2) is 11.5 Å². The van der Waals surface area contributed by atoms with Gasteiger partial charge in [0.1, 0.15) is 6.10 Å². The first-order valence-corrected chi connectivity index (χ1v) is 9.23. The molecular formula is C21H21NO4. The van der Waals surface area contributed by atoms with Crippen LogP contribution in [-0.2, 0) is 11.2 Å². The van der Waals surface area contributed by atoms with Gasteiger partial charge in [0.2, 0.25) is 12.7 Å². The standard InChI is InChI=1S/C21H21NO4/c1-2-5-16(23)22-9-8-12-10-15-21(26-11-25-15)18-13-6-3-4-7-14(13)20(24)19(22)17(12)18/h3-4,6-7,10,19-20,24H,2,5,8-9,11H2,1H3/t19-,20-/m1/s1. The minimum Gasteiger partial charge on any atom is -0.454 e. The monoisotopic (exact) mass is 351 g/mol. The zero-order valence-corrected chi connectivity index (χ0v) is 14.7. The van der Waals surface area contributed by atoms with Gasteiger partial charge >= 0.3 is 0 Å². The van der Waals surface area contributed by atoms with E-state index >= 15 is 0 Å². The van der Waals surface area contributed by atoms with Gasteiger partial charge in [0.25, 0.3) is 0 Å². The van der Waals surface area contributed by atoms with Crippen LogP contribution in [0.1, 0.15) is 48.6 Å². The molecule has 134 valence electrons. The molecule has 2 heterocycles. The van der Waals surface area contributed by atoms with E-state index < -0.39 is 6.10 Å². The summed E-state index contributed by atoms with van der Waals surface area (Å²) in [5.41, 5.74) is 4.96. The molecule has 2 atom stereocenters. The molecule has 0 saturated carbocycles. The summed E-state index contributed by atoms with van der Waals surface area (Å²) in [6, 6.07) is 9.51. The smallest absolute Gasteiger partial charge is 0.231 e. The zero-order valence-electron chi connectivity index (χ0n) is 14.7. The highest BCUT2D eigenvalue weighted by Gasteiger charge is 2.44. The molecule has 0 fully saturated rings. The lowest BCUT2D eigenvalue weighted by Crippen LogP contribution is -2.44. The van der Waals surface area contributed by atoms with Gasteiger partial charge in [-0.1, -0.05) is 31.2 Å². The number of hydrogen-bond acceptors (Lipinski definition) is 4. The lowest BCUT2D eigenvalue weighted by Gasteiger charge is -2.44. The summed E-state index contributed by atoms with van der Waals surface area (Å²) in [6.45, 7) is 2.83. The molecule has 2 aromatic rings. The molecule has 0 saturated heterocycles. The van der Waals surface area contributed by atoms with Crippen LogP contribution in [0.2, 0.25) is 0 Å². The molecule has 0 aromatic heterocycles. The van der Waals surface area contributed by atoms with Gasteiger partial charge in [0, 0.05) is 18.5 Å². The number of carbonyl (C=O) groups excluding carboxylic acids is 1. The Labute approximate surface area is 152 Å². The van der Waals surface area contributed by atoms with Gasteiger partial charge in [-0.2, -0.15) is 0 Å². The molecular weight excluding hydrogens is 330 g/mol. The first-order valence-electron chi connectivity index (χ1n) is 9.23. The summed E-state index contributed by atoms with van der Waals surface area (Å²) in [7, 11) is 0. The number of fused-ring (bicyclic) bond motifs is 4. The van der Waals surface area contributed by atoms with E-state index in [2.05, 4.69) is 0 Å². The van der Waals surface area contributed by atoms with Crippen LogP contribution in [0.5, 0.6) is 11.5 Å². The molecule has 0 bridgehead atoms. The molecule has 0 radical (unpaired) electrons. The maximum atomic E-state index is 12.8. The van der Waals surface area contributed by atoms with Crippen LogP contribution in [0.3, 0.4) is 0 Å². The van der Waals surface area contributed by atoms with Crippen molar-refractivity contribution in [2.24, 2.45) is 0 Å². The summed E-state index contributed by atoms with van der Waals surface area (Å²) >= 11 is 0. The normalized spacial score (nSPS) is 22.0. The Hall–Kier alpha value is -2.53. The molecule has 0 spiro atoms. The van der Waals surface area contributed by atoms with Crippen molar-refractivity contribution in [3.8, 4) is 22.6 Å². The van der Waals surface area contributed by atoms with Crippen LogP contribution in [0.4, 0.5) is 0 Å². The number of benzene rings is 2. The first kappa shape index (κ1) is 15.7. The van der Waals surface area contributed by atoms with Crippen LogP contribution in [0, 0.1) is 0 Å². The van der Waals surface area contributed by atoms with Gasteiger partial charge in [-0.3, -0.25) is 4.79 Å². The Bertz CT molecular complexity index is 907. The highest BCUT2D eigenvalue weighted by molar-refractivity contribution is 5.86. The van der Waals surface area contributed by atoms with Gasteiger partial charge in [-0.15, -0.1) is 0 Å². The van der Waals surface area contributed by atoms with Gasteiger partial charge in [0.05, 0.1) is 6.04 Å². The third-order valence-electron chi connectivity index (χ3n) is 5.67. The Kier molecular flexibility index (Phi) is 3.47. The van der Waals surface area contributed by atoms with Crippen molar-refractivity contribution >= 4 is 5.91 Å². The molecule has 5 heteroatoms. The number of hydrogen-bond donors (Lipinski definition) is 1. The number of nitrogens with zero attached hydrogens (tertiary/aromatic N) is 1. The van der Waals surface area contributed by atoms with Crippen molar-refractivity contribution in [2.45, 2.75) is 38.3 Å². The van der Waals surface area contributed by atoms with Crippen molar-refractivity contribution < 1.29 is 19.4 Å². The van der Waals surface area contributed by atoms with E-state index in [1.54, 1.807) is 0 Å². The molecule has 2 aromatic carbocycles. The van der Waals surface area contributed by atoms with Crippen LogP contribution >= 0.6 is 0 Å². The Morgan fingerprint density at radius 1 is 1.31 bits per heavy atom. The zero-order chi connectivity index (χ0) is 17.8. The molecule has 0 unspecified atom stereocenters. The van der Waals surface area contributed by atoms with E-state index in [1.165, 1.54) is 0 Å². The largest absolute Gasteiger partial charge is 0.454 e. The minimum absolute atomic E-state index is 0.102. The molecule has 5 rings (SSSR count). The average molecular weight is 351 g/mol. The molecule has 3 aliphatic rings. The molecule has 1 aliphatic carbocycles. The van der Waals surface area contributed by atoms with Crippen molar-refractivity contribution in [1.82, 2.24) is 4.90 Å². The van der Waals surface area contributed by atoms with E-state index in [1.807, 2.05) is 42.2 Å². The quantitative estimate of drug-likeness (QED) is 0.901. The predicted molar refractivity (Wildman–Crippen MR) is 96.0 cm³/mol. The molecule has 1 amide bonds. The molecule has 1 N–H and O–H groups in total. The number of aliphatic hydroxyl groups excluding tert-OH is 1. The number of carbonyl (C=O) groups is 1. The fourth-order valence-electron chi connectivity index (χ4n) is 4.58. The molecule has 2 aliphatic heterocycles. The van der Waals surface area contributed by atoms with E-state index in [0.29, 0.717) is 13.0 Å². The third-order valence-corrected chi connectivity index (χ3v) is 5.67. The number of rotatable bonds is 2. The van der Waals surface area contributed by atoms with Crippen molar-refractivity contribution in [3.05, 3.63) is 47.0 Å². The first-order chi connectivity index (χ1) is 12.7. The summed E-state index contributed by atoms with van der Waals surface area (Å²) < 4.78 is 11.5. The maximum absolute atomic E-state index is 12.8. The summed E-state index contributed by atoms with van der Waals surface area (Å²) in [6.07, 6.45) is 1.33. The Morgan fingerprint density at radius 2 is 2.15 bits per heavy atom. The number of aliphatic hydroxyl groups is 1. The lowest BCUT2D eigenvalue weighted by atomic mass is 9.75. The fraction of sp³-hybridized carbons (Fsp3) is 0.381. The van der Waals surface area contributed by atoms with Crippen LogP contribution in [0.25, 0.3) is 11.1 Å². The molecule has 26 heavy (non-hydrogen) atoms. The average Bonchev–Trinajstić information content (AvgIpc) is 3.12. The minimum atomic E-state index is -0.737. The second-order valence-corrected chi connectivity index (χ2v) is 7.12. The maximum Gasteiger partial charge on any atom is 0.231 e. The van der Waals surface area contributed by atoms with Crippen molar-refractivity contribution in [3.63, 3.8) is 0 Å². The third kappa shape index (κ3) is 2.04. The van der Waals surface area contributed by atoms with Crippen molar-refractivity contribution in [1.29, 1.82) is 0 Å². The van der Waals surface area contributed by atoms with Gasteiger partial charge in [-0.05, 0) is 41.2 Å². The van der Waals surface area contributed by atoms with Gasteiger partial charge in [-0.25, -0.2) is 0 Å². The second-order valence-electron chi connectivity index (χ2n) is 7.12. The van der Waals surface area contributed by atoms with Crippen molar-refractivity contribution in [2.75, 3.05) is 13.3 Å². The van der Waals surface area contributed by atoms with E-state index in [9.17, 15) is 9.90 Å². The predicted octanol–water partition coefficient (Wildman–Crippen LogP) is 3.36. The highest BCUT2D eigenvalue weighted by atomic mass is 16.7. The summed E-state index contributed by atoms with van der Waals surface area (Å²) in [5, 5.41) is 11.2. The van der Waals surface area contributed by atoms with Crippen LogP contribution in [-0.4, -0.2) is 29.3 Å². The van der Waals surface area contributed by atoms with E-state index in [4.69, 9.17) is 9.47 Å². The second kappa shape index (κ2) is 5.74. The van der Waals surface area contributed by atoms with Crippen LogP contribution in [0.15, 0.2) is 30.3 Å². The SMILES string of the molecule is CCCC(=O)N1CCc2cc3c(c4c2[C@@H]1[C@H](O)c1ccccc1-4)OCO3. The fourth-order valence-corrected chi connectivity index (χ4v) is 4.58. The van der Waals surface area contributed by atoms with Crippen LogP contribution < -0.4 is 9.47 Å². The van der Waals surface area contributed by atoms with E-state index in [-0.39, 0.29) is 18.7 Å². The summed E-state index contributed by atoms with van der Waals surface area (Å²) in [4.78, 5) is 14.6. The number of amides is 1. The number of ether oxygens (including phenoxy) is 2. The van der Waals surface area contributed by atoms with E-state index in [0.717, 1.165) is 52.2 Å². The van der Waals surface area contributed by atoms with Gasteiger partial charge < -0.3 is 19.5 Å². The lowest BCUT2D eigenvalue weighted by molar-refractivity contribution is -0.137. The topological polar surface area (TPSA) is 59.0 Å². The highest BCUT2D eigenvalue weighted by Crippen LogP contribution is 2.56. The Balaban J connectivity index is 1.78. The summed E-state index contributed by atoms with van der Waals surface area (Å²) in [5.74, 6) is 1.60.